The maximum atomic E-state index is 13.2. The van der Waals surface area contributed by atoms with Gasteiger partial charge in [-0.1, -0.05) is 40.2 Å². The molecule has 0 spiro atoms. The molecule has 0 unspecified atom stereocenters. The standard InChI is InChI=1S/C27H22BrN3O5/c1-35-23-11-8-16(13-24(23)36-2)12-21(31-26(33)17-6-4-3-5-7-17)22(32)15-29-25-19-14-18(28)9-10-20(19)30-27(25)34/h3-14H,15H2,1-2H3,(H,31,33)(H,29,30,34)/b21-12+. The second-order valence-electron chi connectivity index (χ2n) is 7.72. The van der Waals surface area contributed by atoms with E-state index < -0.39 is 17.6 Å². The average molecular weight is 548 g/mol. The topological polar surface area (TPSA) is 106 Å². The van der Waals surface area contributed by atoms with Crippen molar-refractivity contribution in [1.82, 2.24) is 5.32 Å². The van der Waals surface area contributed by atoms with Crippen molar-refractivity contribution in [3.8, 4) is 11.5 Å². The number of hydrogen-bond donors (Lipinski definition) is 2. The van der Waals surface area contributed by atoms with Crippen LogP contribution < -0.4 is 20.1 Å². The maximum absolute atomic E-state index is 13.2. The number of Topliss-reactive ketones (excluding diaryl/α,β-unsaturated/α-hetero) is 1. The molecule has 3 aromatic carbocycles. The second-order valence-corrected chi connectivity index (χ2v) is 8.64. The largest absolute Gasteiger partial charge is 0.493 e. The molecule has 2 N–H and O–H groups in total. The van der Waals surface area contributed by atoms with E-state index in [2.05, 4.69) is 31.6 Å². The van der Waals surface area contributed by atoms with E-state index in [1.807, 2.05) is 0 Å². The third-order valence-corrected chi connectivity index (χ3v) is 5.88. The number of aliphatic imine (C=N–C) groups is 1. The van der Waals surface area contributed by atoms with Crippen molar-refractivity contribution in [2.24, 2.45) is 4.99 Å². The third-order valence-electron chi connectivity index (χ3n) is 5.38. The number of halogens is 1. The fourth-order valence-electron chi connectivity index (χ4n) is 3.60. The van der Waals surface area contributed by atoms with Gasteiger partial charge in [-0.05, 0) is 54.1 Å². The number of carbonyl (C=O) groups excluding carboxylic acids is 3. The van der Waals surface area contributed by atoms with Gasteiger partial charge >= 0.3 is 0 Å². The summed E-state index contributed by atoms with van der Waals surface area (Å²) in [4.78, 5) is 42.8. The fraction of sp³-hybridized carbons (Fsp3) is 0.111. The van der Waals surface area contributed by atoms with Crippen molar-refractivity contribution < 1.29 is 23.9 Å². The molecule has 1 aliphatic rings. The predicted octanol–water partition coefficient (Wildman–Crippen LogP) is 4.25. The van der Waals surface area contributed by atoms with Gasteiger partial charge in [-0.3, -0.25) is 19.4 Å². The second kappa shape index (κ2) is 11.0. The first-order chi connectivity index (χ1) is 17.4. The minimum atomic E-state index is -0.474. The van der Waals surface area contributed by atoms with Crippen molar-refractivity contribution >= 4 is 51.0 Å². The van der Waals surface area contributed by atoms with Crippen molar-refractivity contribution in [3.05, 3.63) is 93.6 Å². The molecule has 0 aromatic heterocycles. The molecule has 8 nitrogen and oxygen atoms in total. The molecule has 1 aliphatic heterocycles. The number of nitrogens with one attached hydrogen (secondary N) is 2. The molecular weight excluding hydrogens is 526 g/mol. The molecule has 4 rings (SSSR count). The summed E-state index contributed by atoms with van der Waals surface area (Å²) in [7, 11) is 3.03. The van der Waals surface area contributed by atoms with Gasteiger partial charge in [0.25, 0.3) is 11.8 Å². The lowest BCUT2D eigenvalue weighted by molar-refractivity contribution is -0.114. The Morgan fingerprint density at radius 3 is 2.47 bits per heavy atom. The molecule has 182 valence electrons. The Hall–Kier alpha value is -4.24. The van der Waals surface area contributed by atoms with Crippen LogP contribution in [-0.4, -0.2) is 44.1 Å². The molecule has 0 saturated heterocycles. The molecule has 0 aliphatic carbocycles. The molecule has 36 heavy (non-hydrogen) atoms. The Kier molecular flexibility index (Phi) is 7.60. The zero-order valence-electron chi connectivity index (χ0n) is 19.5. The van der Waals surface area contributed by atoms with Crippen LogP contribution in [0.2, 0.25) is 0 Å². The quantitative estimate of drug-likeness (QED) is 0.410. The van der Waals surface area contributed by atoms with Crippen LogP contribution in [0.4, 0.5) is 5.69 Å². The monoisotopic (exact) mass is 547 g/mol. The number of methoxy groups -OCH3 is 2. The Morgan fingerprint density at radius 2 is 1.75 bits per heavy atom. The molecule has 2 amide bonds. The number of carbonyl (C=O) groups is 3. The van der Waals surface area contributed by atoms with E-state index in [1.54, 1.807) is 66.7 Å². The molecule has 3 aromatic rings. The first kappa shape index (κ1) is 24.9. The van der Waals surface area contributed by atoms with Gasteiger partial charge in [0.1, 0.15) is 12.3 Å². The van der Waals surface area contributed by atoms with E-state index in [1.165, 1.54) is 20.3 Å². The van der Waals surface area contributed by atoms with Gasteiger partial charge in [0.05, 0.1) is 25.6 Å². The van der Waals surface area contributed by atoms with E-state index in [-0.39, 0.29) is 18.0 Å². The normalized spacial score (nSPS) is 13.7. The summed E-state index contributed by atoms with van der Waals surface area (Å²) in [6.45, 7) is -0.344. The molecule has 0 radical (unpaired) electrons. The van der Waals surface area contributed by atoms with E-state index in [4.69, 9.17) is 9.47 Å². The lowest BCUT2D eigenvalue weighted by Crippen LogP contribution is -2.29. The van der Waals surface area contributed by atoms with Crippen LogP contribution in [-0.2, 0) is 9.59 Å². The highest BCUT2D eigenvalue weighted by Gasteiger charge is 2.26. The van der Waals surface area contributed by atoms with Crippen molar-refractivity contribution in [2.45, 2.75) is 0 Å². The Morgan fingerprint density at radius 1 is 1.00 bits per heavy atom. The number of fused-ring (bicyclic) bond motifs is 1. The number of rotatable bonds is 8. The van der Waals surface area contributed by atoms with Gasteiger partial charge in [-0.2, -0.15) is 0 Å². The third kappa shape index (κ3) is 5.52. The van der Waals surface area contributed by atoms with Crippen molar-refractivity contribution in [3.63, 3.8) is 0 Å². The minimum absolute atomic E-state index is 0.0216. The number of amides is 2. The van der Waals surface area contributed by atoms with Crippen LogP contribution in [0.1, 0.15) is 21.5 Å². The molecular formula is C27H22BrN3O5. The van der Waals surface area contributed by atoms with Crippen LogP contribution in [0.5, 0.6) is 11.5 Å². The lowest BCUT2D eigenvalue weighted by atomic mass is 10.1. The lowest BCUT2D eigenvalue weighted by Gasteiger charge is -2.11. The van der Waals surface area contributed by atoms with Gasteiger partial charge in [0.15, 0.2) is 17.3 Å². The summed E-state index contributed by atoms with van der Waals surface area (Å²) in [5.74, 6) is -0.319. The van der Waals surface area contributed by atoms with E-state index in [0.29, 0.717) is 33.9 Å². The zero-order chi connectivity index (χ0) is 25.7. The number of ketones is 1. The number of ether oxygens (including phenoxy) is 2. The maximum Gasteiger partial charge on any atom is 0.274 e. The van der Waals surface area contributed by atoms with Crippen LogP contribution in [0.25, 0.3) is 6.08 Å². The van der Waals surface area contributed by atoms with E-state index in [9.17, 15) is 14.4 Å². The van der Waals surface area contributed by atoms with Crippen LogP contribution >= 0.6 is 15.9 Å². The summed E-state index contributed by atoms with van der Waals surface area (Å²) in [5, 5.41) is 5.42. The van der Waals surface area contributed by atoms with Gasteiger partial charge < -0.3 is 20.1 Å². The Labute approximate surface area is 216 Å². The van der Waals surface area contributed by atoms with Crippen LogP contribution in [0.3, 0.4) is 0 Å². The highest BCUT2D eigenvalue weighted by atomic mass is 79.9. The number of anilines is 1. The van der Waals surface area contributed by atoms with Gasteiger partial charge in [-0.25, -0.2) is 0 Å². The van der Waals surface area contributed by atoms with E-state index in [0.717, 1.165) is 4.47 Å². The SMILES string of the molecule is COc1ccc(/C=C(/NC(=O)c2ccccc2)C(=O)CN=C2C(=O)Nc3ccc(Br)cc32)cc1OC. The molecule has 0 saturated carbocycles. The van der Waals surface area contributed by atoms with Gasteiger partial charge in [0, 0.05) is 15.6 Å². The van der Waals surface area contributed by atoms with Crippen molar-refractivity contribution in [2.75, 3.05) is 26.1 Å². The molecule has 1 heterocycles. The highest BCUT2D eigenvalue weighted by Crippen LogP contribution is 2.29. The zero-order valence-corrected chi connectivity index (χ0v) is 21.1. The number of hydrogen-bond acceptors (Lipinski definition) is 6. The summed E-state index contributed by atoms with van der Waals surface area (Å²) in [5.41, 5.74) is 2.38. The summed E-state index contributed by atoms with van der Waals surface area (Å²) in [6, 6.07) is 19.0. The summed E-state index contributed by atoms with van der Waals surface area (Å²) < 4.78 is 11.4. The number of benzene rings is 3. The van der Waals surface area contributed by atoms with Gasteiger partial charge in [-0.15, -0.1) is 0 Å². The smallest absolute Gasteiger partial charge is 0.274 e. The highest BCUT2D eigenvalue weighted by molar-refractivity contribution is 9.10. The first-order valence-electron chi connectivity index (χ1n) is 10.9. The predicted molar refractivity (Wildman–Crippen MR) is 141 cm³/mol. The number of nitrogens with zero attached hydrogens (tertiary/aromatic N) is 1. The summed E-state index contributed by atoms with van der Waals surface area (Å²) in [6.07, 6.45) is 1.53. The average Bonchev–Trinajstić information content (AvgIpc) is 3.21. The molecule has 0 fully saturated rings. The first-order valence-corrected chi connectivity index (χ1v) is 11.7. The van der Waals surface area contributed by atoms with Crippen LogP contribution in [0.15, 0.2) is 81.9 Å². The fourth-order valence-corrected chi connectivity index (χ4v) is 3.96. The van der Waals surface area contributed by atoms with Crippen molar-refractivity contribution in [1.29, 1.82) is 0 Å². The minimum Gasteiger partial charge on any atom is -0.493 e. The van der Waals surface area contributed by atoms with Crippen LogP contribution in [0, 0.1) is 0 Å². The summed E-state index contributed by atoms with van der Waals surface area (Å²) >= 11 is 3.39. The van der Waals surface area contributed by atoms with E-state index >= 15 is 0 Å². The van der Waals surface area contributed by atoms with Gasteiger partial charge in [0.2, 0.25) is 0 Å². The molecule has 0 bridgehead atoms. The Balaban J connectivity index is 1.65. The Bertz CT molecular complexity index is 1400. The molecule has 9 heteroatoms. The molecule has 0 atom stereocenters.